The van der Waals surface area contributed by atoms with Crippen molar-refractivity contribution < 1.29 is 4.74 Å². The SMILES string of the molecule is CCn1ccnc1C(NN)C1COC(C)C1. The molecule has 0 aromatic carbocycles. The van der Waals surface area contributed by atoms with Crippen molar-refractivity contribution in [1.82, 2.24) is 15.0 Å². The number of ether oxygens (including phenoxy) is 1. The molecule has 0 bridgehead atoms. The van der Waals surface area contributed by atoms with Crippen molar-refractivity contribution in [2.45, 2.75) is 39.0 Å². The Balaban J connectivity index is 2.16. The van der Waals surface area contributed by atoms with E-state index in [2.05, 4.69) is 28.8 Å². The zero-order valence-corrected chi connectivity index (χ0v) is 9.89. The summed E-state index contributed by atoms with van der Waals surface area (Å²) in [6.45, 7) is 5.87. The molecule has 0 aliphatic carbocycles. The van der Waals surface area contributed by atoms with Crippen LogP contribution in [0.2, 0.25) is 0 Å². The molecule has 3 unspecified atom stereocenters. The largest absolute Gasteiger partial charge is 0.378 e. The molecule has 2 rings (SSSR count). The van der Waals surface area contributed by atoms with E-state index in [1.165, 1.54) is 0 Å². The van der Waals surface area contributed by atoms with Crippen LogP contribution < -0.4 is 11.3 Å². The molecule has 1 aliphatic heterocycles. The molecule has 90 valence electrons. The van der Waals surface area contributed by atoms with Gasteiger partial charge in [-0.25, -0.2) is 10.4 Å². The second kappa shape index (κ2) is 4.95. The van der Waals surface area contributed by atoms with E-state index in [1.807, 2.05) is 12.4 Å². The van der Waals surface area contributed by atoms with Gasteiger partial charge in [-0.05, 0) is 20.3 Å². The quantitative estimate of drug-likeness (QED) is 0.587. The third-order valence-electron chi connectivity index (χ3n) is 3.25. The Morgan fingerprint density at radius 1 is 1.75 bits per heavy atom. The van der Waals surface area contributed by atoms with Gasteiger partial charge in [0.2, 0.25) is 0 Å². The van der Waals surface area contributed by atoms with Gasteiger partial charge in [-0.1, -0.05) is 0 Å². The number of imidazole rings is 1. The zero-order valence-electron chi connectivity index (χ0n) is 9.89. The van der Waals surface area contributed by atoms with Gasteiger partial charge >= 0.3 is 0 Å². The summed E-state index contributed by atoms with van der Waals surface area (Å²) in [6, 6.07) is 0.0832. The summed E-state index contributed by atoms with van der Waals surface area (Å²) in [5, 5.41) is 0. The van der Waals surface area contributed by atoms with Crippen LogP contribution in [0.5, 0.6) is 0 Å². The van der Waals surface area contributed by atoms with Gasteiger partial charge in [0, 0.05) is 24.9 Å². The summed E-state index contributed by atoms with van der Waals surface area (Å²) in [7, 11) is 0. The molecular formula is C11H20N4O. The van der Waals surface area contributed by atoms with Crippen LogP contribution in [0.4, 0.5) is 0 Å². The van der Waals surface area contributed by atoms with Crippen molar-refractivity contribution in [2.75, 3.05) is 6.61 Å². The zero-order chi connectivity index (χ0) is 11.5. The van der Waals surface area contributed by atoms with E-state index in [-0.39, 0.29) is 6.04 Å². The highest BCUT2D eigenvalue weighted by Gasteiger charge is 2.32. The monoisotopic (exact) mass is 224 g/mol. The molecule has 2 heterocycles. The van der Waals surface area contributed by atoms with Crippen LogP contribution >= 0.6 is 0 Å². The first-order valence-corrected chi connectivity index (χ1v) is 5.85. The van der Waals surface area contributed by atoms with Gasteiger partial charge in [-0.2, -0.15) is 0 Å². The summed E-state index contributed by atoms with van der Waals surface area (Å²) in [4.78, 5) is 4.39. The molecule has 0 radical (unpaired) electrons. The first-order chi connectivity index (χ1) is 7.76. The molecule has 16 heavy (non-hydrogen) atoms. The summed E-state index contributed by atoms with van der Waals surface area (Å²) in [5.74, 6) is 7.07. The maximum Gasteiger partial charge on any atom is 0.127 e. The number of nitrogens with two attached hydrogens (primary N) is 1. The molecule has 3 N–H and O–H groups in total. The van der Waals surface area contributed by atoms with E-state index < -0.39 is 0 Å². The van der Waals surface area contributed by atoms with Gasteiger partial charge in [0.15, 0.2) is 0 Å². The summed E-state index contributed by atoms with van der Waals surface area (Å²) in [5.41, 5.74) is 2.88. The second-order valence-electron chi connectivity index (χ2n) is 4.36. The molecule has 1 aliphatic rings. The Hall–Kier alpha value is -0.910. The Morgan fingerprint density at radius 3 is 3.12 bits per heavy atom. The Kier molecular flexibility index (Phi) is 3.58. The maximum atomic E-state index is 5.65. The fourth-order valence-electron chi connectivity index (χ4n) is 2.37. The van der Waals surface area contributed by atoms with Crippen molar-refractivity contribution >= 4 is 0 Å². The van der Waals surface area contributed by atoms with Crippen molar-refractivity contribution in [3.8, 4) is 0 Å². The number of aryl methyl sites for hydroxylation is 1. The fraction of sp³-hybridized carbons (Fsp3) is 0.727. The highest BCUT2D eigenvalue weighted by atomic mass is 16.5. The lowest BCUT2D eigenvalue weighted by atomic mass is 9.97. The minimum Gasteiger partial charge on any atom is -0.378 e. The van der Waals surface area contributed by atoms with Crippen molar-refractivity contribution in [3.05, 3.63) is 18.2 Å². The molecule has 0 saturated carbocycles. The van der Waals surface area contributed by atoms with E-state index in [0.717, 1.165) is 25.4 Å². The van der Waals surface area contributed by atoms with E-state index in [0.29, 0.717) is 12.0 Å². The van der Waals surface area contributed by atoms with Crippen LogP contribution in [-0.4, -0.2) is 22.3 Å². The average molecular weight is 224 g/mol. The predicted molar refractivity (Wildman–Crippen MR) is 61.5 cm³/mol. The number of aromatic nitrogens is 2. The predicted octanol–water partition coefficient (Wildman–Crippen LogP) is 0.832. The molecule has 0 spiro atoms. The van der Waals surface area contributed by atoms with E-state index in [4.69, 9.17) is 10.6 Å². The lowest BCUT2D eigenvalue weighted by molar-refractivity contribution is 0.116. The van der Waals surface area contributed by atoms with Crippen molar-refractivity contribution in [2.24, 2.45) is 11.8 Å². The fourth-order valence-corrected chi connectivity index (χ4v) is 2.37. The van der Waals surface area contributed by atoms with Gasteiger partial charge in [-0.3, -0.25) is 5.84 Å². The van der Waals surface area contributed by atoms with Crippen LogP contribution in [0.3, 0.4) is 0 Å². The summed E-state index contributed by atoms with van der Waals surface area (Å²) >= 11 is 0. The molecule has 0 amide bonds. The van der Waals surface area contributed by atoms with Crippen molar-refractivity contribution in [1.29, 1.82) is 0 Å². The summed E-state index contributed by atoms with van der Waals surface area (Å²) in [6.07, 6.45) is 5.16. The lowest BCUT2D eigenvalue weighted by Crippen LogP contribution is -2.35. The number of hydrogen-bond donors (Lipinski definition) is 2. The first kappa shape index (κ1) is 11.6. The Labute approximate surface area is 96.0 Å². The third kappa shape index (κ3) is 2.11. The van der Waals surface area contributed by atoms with Gasteiger partial charge in [-0.15, -0.1) is 0 Å². The Bertz CT molecular complexity index is 338. The minimum atomic E-state index is 0.0832. The topological polar surface area (TPSA) is 65.1 Å². The van der Waals surface area contributed by atoms with Crippen LogP contribution in [0.15, 0.2) is 12.4 Å². The first-order valence-electron chi connectivity index (χ1n) is 5.85. The molecule has 5 heteroatoms. The normalized spacial score (nSPS) is 27.2. The highest BCUT2D eigenvalue weighted by molar-refractivity contribution is 5.02. The maximum absolute atomic E-state index is 5.65. The van der Waals surface area contributed by atoms with E-state index in [1.54, 1.807) is 0 Å². The standard InChI is InChI=1S/C11H20N4O/c1-3-15-5-4-13-11(15)10(14-12)9-6-8(2)16-7-9/h4-5,8-10,14H,3,6-7,12H2,1-2H3. The van der Waals surface area contributed by atoms with Gasteiger partial charge < -0.3 is 9.30 Å². The van der Waals surface area contributed by atoms with Crippen LogP contribution in [0, 0.1) is 5.92 Å². The number of hydrazine groups is 1. The van der Waals surface area contributed by atoms with Crippen LogP contribution in [0.25, 0.3) is 0 Å². The number of nitrogens with one attached hydrogen (secondary N) is 1. The smallest absolute Gasteiger partial charge is 0.127 e. The number of nitrogens with zero attached hydrogens (tertiary/aromatic N) is 2. The highest BCUT2D eigenvalue weighted by Crippen LogP contribution is 2.30. The number of rotatable bonds is 4. The van der Waals surface area contributed by atoms with E-state index >= 15 is 0 Å². The molecule has 1 fully saturated rings. The molecule has 1 saturated heterocycles. The third-order valence-corrected chi connectivity index (χ3v) is 3.25. The second-order valence-corrected chi connectivity index (χ2v) is 4.36. The van der Waals surface area contributed by atoms with E-state index in [9.17, 15) is 0 Å². The van der Waals surface area contributed by atoms with Gasteiger partial charge in [0.1, 0.15) is 5.82 Å². The molecular weight excluding hydrogens is 204 g/mol. The molecule has 1 aromatic rings. The minimum absolute atomic E-state index is 0.0832. The average Bonchev–Trinajstić information content (AvgIpc) is 2.89. The van der Waals surface area contributed by atoms with Gasteiger partial charge in [0.05, 0.1) is 18.8 Å². The molecule has 1 aromatic heterocycles. The van der Waals surface area contributed by atoms with Gasteiger partial charge in [0.25, 0.3) is 0 Å². The lowest BCUT2D eigenvalue weighted by Gasteiger charge is -2.21. The molecule has 3 atom stereocenters. The number of hydrogen-bond acceptors (Lipinski definition) is 4. The summed E-state index contributed by atoms with van der Waals surface area (Å²) < 4.78 is 7.71. The van der Waals surface area contributed by atoms with Crippen LogP contribution in [0.1, 0.15) is 32.1 Å². The molecule has 5 nitrogen and oxygen atoms in total. The van der Waals surface area contributed by atoms with Crippen LogP contribution in [-0.2, 0) is 11.3 Å². The Morgan fingerprint density at radius 2 is 2.56 bits per heavy atom. The van der Waals surface area contributed by atoms with Crippen molar-refractivity contribution in [3.63, 3.8) is 0 Å².